The summed E-state index contributed by atoms with van der Waals surface area (Å²) < 4.78 is 5.97. The number of halogens is 1. The van der Waals surface area contributed by atoms with Gasteiger partial charge in [-0.2, -0.15) is 0 Å². The SMILES string of the molecule is CCOc1ccc(NC(=O)CN2C(=O)S/C(=C\c3ccc(O)c(I)c3)C2=O)cc1. The molecule has 0 bridgehead atoms. The average molecular weight is 524 g/mol. The first kappa shape index (κ1) is 21.2. The van der Waals surface area contributed by atoms with Gasteiger partial charge in [-0.05, 0) is 89.3 Å². The highest BCUT2D eigenvalue weighted by Gasteiger charge is 2.36. The smallest absolute Gasteiger partial charge is 0.294 e. The standard InChI is InChI=1S/C20H17IN2O5S/c1-2-28-14-6-4-13(5-7-14)22-18(25)11-23-19(26)17(29-20(23)27)10-12-3-8-16(24)15(21)9-12/h3-10,24H,2,11H2,1H3,(H,22,25)/b17-10-. The van der Waals surface area contributed by atoms with E-state index in [0.29, 0.717) is 27.2 Å². The van der Waals surface area contributed by atoms with Gasteiger partial charge in [-0.25, -0.2) is 0 Å². The lowest BCUT2D eigenvalue weighted by Gasteiger charge is -2.12. The van der Waals surface area contributed by atoms with E-state index < -0.39 is 17.1 Å². The summed E-state index contributed by atoms with van der Waals surface area (Å²) in [6.45, 7) is 2.05. The fourth-order valence-corrected chi connectivity index (χ4v) is 3.92. The molecule has 1 saturated heterocycles. The Morgan fingerprint density at radius 3 is 2.62 bits per heavy atom. The summed E-state index contributed by atoms with van der Waals surface area (Å²) in [5.41, 5.74) is 1.22. The molecule has 9 heteroatoms. The summed E-state index contributed by atoms with van der Waals surface area (Å²) >= 11 is 2.75. The highest BCUT2D eigenvalue weighted by Crippen LogP contribution is 2.33. The van der Waals surface area contributed by atoms with Crippen LogP contribution in [-0.2, 0) is 9.59 Å². The molecule has 0 atom stereocenters. The van der Waals surface area contributed by atoms with Gasteiger partial charge in [0.1, 0.15) is 18.0 Å². The Morgan fingerprint density at radius 1 is 1.24 bits per heavy atom. The second-order valence-electron chi connectivity index (χ2n) is 5.98. The molecule has 2 N–H and O–H groups in total. The first-order valence-corrected chi connectivity index (χ1v) is 10.5. The van der Waals surface area contributed by atoms with E-state index in [1.807, 2.05) is 29.5 Å². The summed E-state index contributed by atoms with van der Waals surface area (Å²) in [6, 6.07) is 11.7. The fraction of sp³-hybridized carbons (Fsp3) is 0.150. The van der Waals surface area contributed by atoms with Gasteiger partial charge in [-0.1, -0.05) is 6.07 Å². The maximum atomic E-state index is 12.5. The Morgan fingerprint density at radius 2 is 1.97 bits per heavy atom. The molecule has 0 radical (unpaired) electrons. The molecule has 0 saturated carbocycles. The number of amides is 3. The molecule has 1 heterocycles. The molecule has 2 aromatic rings. The van der Waals surface area contributed by atoms with Crippen LogP contribution < -0.4 is 10.1 Å². The highest BCUT2D eigenvalue weighted by molar-refractivity contribution is 14.1. The predicted octanol–water partition coefficient (Wildman–Crippen LogP) is 4.07. The first-order chi connectivity index (χ1) is 13.9. The number of hydrogen-bond acceptors (Lipinski definition) is 6. The van der Waals surface area contributed by atoms with E-state index in [-0.39, 0.29) is 17.2 Å². The van der Waals surface area contributed by atoms with Gasteiger partial charge in [0.25, 0.3) is 11.1 Å². The van der Waals surface area contributed by atoms with Crippen LogP contribution in [0.25, 0.3) is 6.08 Å². The van der Waals surface area contributed by atoms with E-state index in [2.05, 4.69) is 5.32 Å². The topological polar surface area (TPSA) is 95.9 Å². The predicted molar refractivity (Wildman–Crippen MR) is 120 cm³/mol. The normalized spacial score (nSPS) is 15.1. The minimum atomic E-state index is -0.523. The van der Waals surface area contributed by atoms with Gasteiger partial charge in [-0.15, -0.1) is 0 Å². The quantitative estimate of drug-likeness (QED) is 0.437. The second kappa shape index (κ2) is 9.31. The van der Waals surface area contributed by atoms with Crippen LogP contribution in [0.15, 0.2) is 47.4 Å². The van der Waals surface area contributed by atoms with Crippen LogP contribution in [0.4, 0.5) is 10.5 Å². The molecule has 150 valence electrons. The minimum Gasteiger partial charge on any atom is -0.507 e. The van der Waals surface area contributed by atoms with Crippen molar-refractivity contribution in [1.82, 2.24) is 4.90 Å². The Labute approximate surface area is 185 Å². The van der Waals surface area contributed by atoms with Crippen molar-refractivity contribution in [2.24, 2.45) is 0 Å². The largest absolute Gasteiger partial charge is 0.507 e. The third kappa shape index (κ3) is 5.30. The van der Waals surface area contributed by atoms with Crippen LogP contribution in [0.5, 0.6) is 11.5 Å². The number of nitrogens with one attached hydrogen (secondary N) is 1. The maximum absolute atomic E-state index is 12.5. The van der Waals surface area contributed by atoms with Crippen LogP contribution in [-0.4, -0.2) is 40.2 Å². The molecule has 0 aromatic heterocycles. The number of thioether (sulfide) groups is 1. The van der Waals surface area contributed by atoms with Gasteiger partial charge in [-0.3, -0.25) is 19.3 Å². The Hall–Kier alpha value is -2.53. The summed E-state index contributed by atoms with van der Waals surface area (Å²) in [4.78, 5) is 38.2. The van der Waals surface area contributed by atoms with Crippen LogP contribution in [0.3, 0.4) is 0 Å². The number of phenolic OH excluding ortho intramolecular Hbond substituents is 1. The monoisotopic (exact) mass is 524 g/mol. The van der Waals surface area contributed by atoms with Crippen LogP contribution in [0, 0.1) is 3.57 Å². The number of aromatic hydroxyl groups is 1. The van der Waals surface area contributed by atoms with Crippen molar-refractivity contribution >= 4 is 63.2 Å². The van der Waals surface area contributed by atoms with Gasteiger partial charge in [0, 0.05) is 5.69 Å². The lowest BCUT2D eigenvalue weighted by Crippen LogP contribution is -2.36. The van der Waals surface area contributed by atoms with Gasteiger partial charge in [0.15, 0.2) is 0 Å². The van der Waals surface area contributed by atoms with Gasteiger partial charge in [0.2, 0.25) is 5.91 Å². The van der Waals surface area contributed by atoms with Gasteiger partial charge < -0.3 is 15.2 Å². The number of carbonyl (C=O) groups is 3. The molecular weight excluding hydrogens is 507 g/mol. The molecule has 1 aliphatic heterocycles. The maximum Gasteiger partial charge on any atom is 0.294 e. The van der Waals surface area contributed by atoms with Gasteiger partial charge in [0.05, 0.1) is 15.1 Å². The Bertz CT molecular complexity index is 991. The van der Waals surface area contributed by atoms with E-state index >= 15 is 0 Å². The average Bonchev–Trinajstić information content (AvgIpc) is 2.94. The number of phenols is 1. The van der Waals surface area contributed by atoms with Crippen LogP contribution in [0.2, 0.25) is 0 Å². The second-order valence-corrected chi connectivity index (χ2v) is 8.14. The highest BCUT2D eigenvalue weighted by atomic mass is 127. The summed E-state index contributed by atoms with van der Waals surface area (Å²) in [5.74, 6) is -0.172. The van der Waals surface area contributed by atoms with Crippen molar-refractivity contribution in [3.8, 4) is 11.5 Å². The Balaban J connectivity index is 1.65. The molecule has 1 aliphatic rings. The van der Waals surface area contributed by atoms with Crippen LogP contribution in [0.1, 0.15) is 12.5 Å². The third-order valence-electron chi connectivity index (χ3n) is 3.89. The van der Waals surface area contributed by atoms with E-state index in [1.54, 1.807) is 42.5 Å². The number of benzene rings is 2. The molecule has 0 spiro atoms. The van der Waals surface area contributed by atoms with Crippen molar-refractivity contribution < 1.29 is 24.2 Å². The lowest BCUT2D eigenvalue weighted by molar-refractivity contribution is -0.127. The first-order valence-electron chi connectivity index (χ1n) is 8.64. The van der Waals surface area contributed by atoms with Crippen molar-refractivity contribution in [2.45, 2.75) is 6.92 Å². The molecule has 3 rings (SSSR count). The van der Waals surface area contributed by atoms with E-state index in [0.717, 1.165) is 16.7 Å². The number of carbonyl (C=O) groups excluding carboxylic acids is 3. The molecule has 2 aromatic carbocycles. The zero-order valence-corrected chi connectivity index (χ0v) is 18.3. The number of imide groups is 1. The summed E-state index contributed by atoms with van der Waals surface area (Å²) in [6.07, 6.45) is 1.57. The number of hydrogen-bond donors (Lipinski definition) is 2. The third-order valence-corrected chi connectivity index (χ3v) is 5.67. The van der Waals surface area contributed by atoms with E-state index in [9.17, 15) is 19.5 Å². The van der Waals surface area contributed by atoms with Crippen LogP contribution >= 0.6 is 34.4 Å². The van der Waals surface area contributed by atoms with Crippen molar-refractivity contribution in [3.63, 3.8) is 0 Å². The van der Waals surface area contributed by atoms with Crippen molar-refractivity contribution in [1.29, 1.82) is 0 Å². The molecule has 1 fully saturated rings. The van der Waals surface area contributed by atoms with E-state index in [4.69, 9.17) is 4.74 Å². The number of nitrogens with zero attached hydrogens (tertiary/aromatic N) is 1. The molecular formula is C20H17IN2O5S. The fourth-order valence-electron chi connectivity index (χ4n) is 2.55. The zero-order chi connectivity index (χ0) is 21.0. The number of ether oxygens (including phenoxy) is 1. The van der Waals surface area contributed by atoms with Crippen molar-refractivity contribution in [3.05, 3.63) is 56.5 Å². The number of rotatable bonds is 6. The molecule has 29 heavy (non-hydrogen) atoms. The molecule has 7 nitrogen and oxygen atoms in total. The molecule has 0 unspecified atom stereocenters. The summed E-state index contributed by atoms with van der Waals surface area (Å²) in [5, 5.41) is 11.7. The summed E-state index contributed by atoms with van der Waals surface area (Å²) in [7, 11) is 0. The van der Waals surface area contributed by atoms with Gasteiger partial charge >= 0.3 is 0 Å². The lowest BCUT2D eigenvalue weighted by atomic mass is 10.2. The van der Waals surface area contributed by atoms with E-state index in [1.165, 1.54) is 6.07 Å². The zero-order valence-electron chi connectivity index (χ0n) is 15.3. The number of anilines is 1. The molecule has 0 aliphatic carbocycles. The Kier molecular flexibility index (Phi) is 6.80. The molecule has 3 amide bonds. The van der Waals surface area contributed by atoms with Crippen molar-refractivity contribution in [2.75, 3.05) is 18.5 Å². The minimum absolute atomic E-state index is 0.141.